The molecule has 3 heterocycles. The summed E-state index contributed by atoms with van der Waals surface area (Å²) in [6.07, 6.45) is 5.21. The number of thiophene rings is 1. The summed E-state index contributed by atoms with van der Waals surface area (Å²) < 4.78 is 3.77. The number of benzene rings is 1. The van der Waals surface area contributed by atoms with E-state index in [-0.39, 0.29) is 5.56 Å². The highest BCUT2D eigenvalue weighted by molar-refractivity contribution is 7.99. The van der Waals surface area contributed by atoms with Crippen LogP contribution in [0.4, 0.5) is 0 Å². The predicted octanol–water partition coefficient (Wildman–Crippen LogP) is 4.81. The van der Waals surface area contributed by atoms with Crippen molar-refractivity contribution in [2.24, 2.45) is 0 Å². The summed E-state index contributed by atoms with van der Waals surface area (Å²) in [5.74, 6) is 1.71. The van der Waals surface area contributed by atoms with Crippen molar-refractivity contribution in [3.05, 3.63) is 63.8 Å². The molecule has 0 amide bonds. The number of thioether (sulfide) groups is 1. The topological polar surface area (TPSA) is 52.2 Å². The van der Waals surface area contributed by atoms with Crippen molar-refractivity contribution in [1.82, 2.24) is 19.2 Å². The summed E-state index contributed by atoms with van der Waals surface area (Å²) >= 11 is 3.32. The van der Waals surface area contributed by atoms with Gasteiger partial charge in [0.05, 0.1) is 11.1 Å². The molecule has 1 atom stereocenters. The van der Waals surface area contributed by atoms with Crippen molar-refractivity contribution >= 4 is 39.1 Å². The predicted molar refractivity (Wildman–Crippen MR) is 116 cm³/mol. The Bertz CT molecular complexity index is 1250. The zero-order chi connectivity index (χ0) is 19.3. The molecule has 7 heteroatoms. The van der Waals surface area contributed by atoms with Gasteiger partial charge in [-0.1, -0.05) is 43.0 Å². The Hall–Kier alpha value is -2.38. The molecule has 1 aromatic carbocycles. The number of fused-ring (bicyclic) bond motifs is 5. The van der Waals surface area contributed by atoms with Crippen molar-refractivity contribution in [3.8, 4) is 5.69 Å². The first-order valence-corrected chi connectivity index (χ1v) is 11.3. The summed E-state index contributed by atoms with van der Waals surface area (Å²) in [4.78, 5) is 16.0. The van der Waals surface area contributed by atoms with Gasteiger partial charge in [-0.15, -0.1) is 28.1 Å². The highest BCUT2D eigenvalue weighted by Crippen LogP contribution is 2.41. The Kier molecular flexibility index (Phi) is 4.36. The Balaban J connectivity index is 1.95. The number of para-hydroxylation sites is 1. The van der Waals surface area contributed by atoms with Crippen molar-refractivity contribution in [2.45, 2.75) is 37.3 Å². The van der Waals surface area contributed by atoms with Crippen molar-refractivity contribution in [1.29, 1.82) is 0 Å². The van der Waals surface area contributed by atoms with Crippen molar-refractivity contribution < 1.29 is 0 Å². The quantitative estimate of drug-likeness (QED) is 0.359. The molecule has 5 nitrogen and oxygen atoms in total. The van der Waals surface area contributed by atoms with Gasteiger partial charge in [0.2, 0.25) is 5.78 Å². The number of hydrogen-bond donors (Lipinski definition) is 0. The first kappa shape index (κ1) is 17.7. The van der Waals surface area contributed by atoms with E-state index >= 15 is 0 Å². The molecular formula is C21H20N4OS2. The third kappa shape index (κ3) is 2.57. The van der Waals surface area contributed by atoms with Gasteiger partial charge in [0.15, 0.2) is 5.16 Å². The van der Waals surface area contributed by atoms with Crippen LogP contribution in [0.3, 0.4) is 0 Å². The van der Waals surface area contributed by atoms with E-state index in [0.717, 1.165) is 39.7 Å². The smallest absolute Gasteiger partial charge is 0.268 e. The second-order valence-corrected chi connectivity index (χ2v) is 9.18. The van der Waals surface area contributed by atoms with Crippen LogP contribution in [0.25, 0.3) is 21.7 Å². The fourth-order valence-electron chi connectivity index (χ4n) is 4.09. The fourth-order valence-corrected chi connectivity index (χ4v) is 6.26. The standard InChI is InChI=1S/C21H20N4OS2/c1-3-12-27-21-23-22-20-24(14-9-5-4-6-10-14)18(26)17-16-13(2)8-7-11-15(16)28-19(17)25(20)21/h3-6,9-10,13H,1,7-8,11-12H2,2H3. The summed E-state index contributed by atoms with van der Waals surface area (Å²) in [6, 6.07) is 9.73. The van der Waals surface area contributed by atoms with E-state index in [2.05, 4.69) is 28.1 Å². The molecule has 1 aliphatic carbocycles. The van der Waals surface area contributed by atoms with Gasteiger partial charge in [0.1, 0.15) is 4.83 Å². The molecule has 0 saturated heterocycles. The van der Waals surface area contributed by atoms with Crippen LogP contribution in [0.1, 0.15) is 36.1 Å². The van der Waals surface area contributed by atoms with E-state index < -0.39 is 0 Å². The number of nitrogens with zero attached hydrogens (tertiary/aromatic N) is 4. The van der Waals surface area contributed by atoms with Gasteiger partial charge in [0.25, 0.3) is 5.56 Å². The average Bonchev–Trinajstić information content (AvgIpc) is 3.29. The Labute approximate surface area is 170 Å². The van der Waals surface area contributed by atoms with Crippen LogP contribution in [0, 0.1) is 0 Å². The zero-order valence-electron chi connectivity index (χ0n) is 15.6. The molecule has 0 saturated carbocycles. The Morgan fingerprint density at radius 3 is 2.93 bits per heavy atom. The van der Waals surface area contributed by atoms with E-state index in [4.69, 9.17) is 0 Å². The largest absolute Gasteiger partial charge is 0.268 e. The molecule has 142 valence electrons. The summed E-state index contributed by atoms with van der Waals surface area (Å²) in [5.41, 5.74) is 2.05. The SMILES string of the molecule is C=CCSc1nnc2n(-c3ccccc3)c(=O)c3c4c(sc3n12)CCCC4C. The Morgan fingerprint density at radius 2 is 2.14 bits per heavy atom. The van der Waals surface area contributed by atoms with Gasteiger partial charge in [-0.3, -0.25) is 4.79 Å². The molecule has 0 radical (unpaired) electrons. The van der Waals surface area contributed by atoms with Crippen LogP contribution in [0.5, 0.6) is 0 Å². The Morgan fingerprint density at radius 1 is 1.32 bits per heavy atom. The number of rotatable bonds is 4. The van der Waals surface area contributed by atoms with Gasteiger partial charge >= 0.3 is 0 Å². The van der Waals surface area contributed by atoms with Gasteiger partial charge in [-0.05, 0) is 42.9 Å². The van der Waals surface area contributed by atoms with Crippen LogP contribution in [-0.4, -0.2) is 24.9 Å². The molecule has 0 aliphatic heterocycles. The number of aromatic nitrogens is 4. The molecule has 1 aliphatic rings. The minimum Gasteiger partial charge on any atom is -0.268 e. The van der Waals surface area contributed by atoms with Gasteiger partial charge < -0.3 is 0 Å². The van der Waals surface area contributed by atoms with Crippen molar-refractivity contribution in [2.75, 3.05) is 5.75 Å². The highest BCUT2D eigenvalue weighted by Gasteiger charge is 2.28. The number of aryl methyl sites for hydroxylation is 1. The van der Waals surface area contributed by atoms with E-state index in [1.54, 1.807) is 27.7 Å². The maximum Gasteiger partial charge on any atom is 0.268 e. The monoisotopic (exact) mass is 408 g/mol. The van der Waals surface area contributed by atoms with Crippen LogP contribution in [-0.2, 0) is 6.42 Å². The van der Waals surface area contributed by atoms with E-state index in [9.17, 15) is 4.79 Å². The minimum atomic E-state index is 0.00706. The molecule has 0 fully saturated rings. The molecule has 5 rings (SSSR count). The normalized spacial score (nSPS) is 16.5. The van der Waals surface area contributed by atoms with Crippen LogP contribution in [0.15, 0.2) is 52.9 Å². The van der Waals surface area contributed by atoms with Crippen molar-refractivity contribution in [3.63, 3.8) is 0 Å². The lowest BCUT2D eigenvalue weighted by molar-refractivity contribution is 0.601. The lowest BCUT2D eigenvalue weighted by atomic mass is 9.88. The zero-order valence-corrected chi connectivity index (χ0v) is 17.2. The summed E-state index contributed by atoms with van der Waals surface area (Å²) in [5, 5.41) is 10.5. The molecule has 3 aromatic heterocycles. The van der Waals surface area contributed by atoms with Gasteiger partial charge in [-0.2, -0.15) is 0 Å². The van der Waals surface area contributed by atoms with Gasteiger partial charge in [-0.25, -0.2) is 8.97 Å². The third-order valence-electron chi connectivity index (χ3n) is 5.32. The van der Waals surface area contributed by atoms with Crippen LogP contribution >= 0.6 is 23.1 Å². The van der Waals surface area contributed by atoms with Gasteiger partial charge in [0, 0.05) is 10.6 Å². The fraction of sp³-hybridized carbons (Fsp3) is 0.286. The average molecular weight is 409 g/mol. The highest BCUT2D eigenvalue weighted by atomic mass is 32.2. The second-order valence-electron chi connectivity index (χ2n) is 7.11. The minimum absolute atomic E-state index is 0.00706. The molecular weight excluding hydrogens is 388 g/mol. The molecule has 28 heavy (non-hydrogen) atoms. The molecule has 0 bridgehead atoms. The number of hydrogen-bond acceptors (Lipinski definition) is 5. The molecule has 0 spiro atoms. The maximum atomic E-state index is 13.7. The van der Waals surface area contributed by atoms with Crippen LogP contribution < -0.4 is 5.56 Å². The summed E-state index contributed by atoms with van der Waals surface area (Å²) in [6.45, 7) is 6.05. The van der Waals surface area contributed by atoms with Crippen LogP contribution in [0.2, 0.25) is 0 Å². The molecule has 4 aromatic rings. The summed E-state index contributed by atoms with van der Waals surface area (Å²) in [7, 11) is 0. The second kappa shape index (κ2) is 6.90. The first-order valence-electron chi connectivity index (χ1n) is 9.45. The van der Waals surface area contributed by atoms with E-state index in [1.165, 1.54) is 16.9 Å². The molecule has 0 N–H and O–H groups in total. The third-order valence-corrected chi connectivity index (χ3v) is 7.49. The lowest BCUT2D eigenvalue weighted by Gasteiger charge is -2.18. The lowest BCUT2D eigenvalue weighted by Crippen LogP contribution is -2.22. The van der Waals surface area contributed by atoms with E-state index in [0.29, 0.717) is 11.7 Å². The first-order chi connectivity index (χ1) is 13.7. The molecule has 1 unspecified atom stereocenters. The van der Waals surface area contributed by atoms with E-state index in [1.807, 2.05) is 36.4 Å². The maximum absolute atomic E-state index is 13.7.